The van der Waals surface area contributed by atoms with Gasteiger partial charge in [-0.05, 0) is 33.5 Å². The van der Waals surface area contributed by atoms with Crippen molar-refractivity contribution >= 4 is 0 Å². The highest BCUT2D eigenvalue weighted by Gasteiger charge is 2.33. The number of rotatable bonds is 3. The van der Waals surface area contributed by atoms with Crippen molar-refractivity contribution in [1.29, 1.82) is 0 Å². The second-order valence-electron chi connectivity index (χ2n) is 3.51. The minimum absolute atomic E-state index is 0.316. The molecule has 2 heteroatoms. The lowest BCUT2D eigenvalue weighted by atomic mass is 9.95. The molecule has 64 valence electrons. The van der Waals surface area contributed by atoms with E-state index in [9.17, 15) is 0 Å². The molecule has 1 aliphatic heterocycles. The maximum atomic E-state index is 3.78. The van der Waals surface area contributed by atoms with Crippen LogP contribution in [0.1, 0.15) is 12.8 Å². The summed E-state index contributed by atoms with van der Waals surface area (Å²) in [5.41, 5.74) is 0.316. The standard InChI is InChI=1S/C9H18N2/c1-4-5-9(10-2)6-7-11(3)8-9/h4,10H,1,5-8H2,2-3H3. The van der Waals surface area contributed by atoms with E-state index in [4.69, 9.17) is 0 Å². The number of nitrogens with one attached hydrogen (secondary N) is 1. The van der Waals surface area contributed by atoms with Gasteiger partial charge in [-0.3, -0.25) is 0 Å². The van der Waals surface area contributed by atoms with Crippen LogP contribution in [0.5, 0.6) is 0 Å². The van der Waals surface area contributed by atoms with Crippen molar-refractivity contribution in [3.63, 3.8) is 0 Å². The lowest BCUT2D eigenvalue weighted by molar-refractivity contribution is 0.330. The molecule has 1 atom stereocenters. The van der Waals surface area contributed by atoms with Crippen molar-refractivity contribution in [2.45, 2.75) is 18.4 Å². The first-order valence-corrected chi connectivity index (χ1v) is 4.21. The lowest BCUT2D eigenvalue weighted by Gasteiger charge is -2.26. The second-order valence-corrected chi connectivity index (χ2v) is 3.51. The zero-order chi connectivity index (χ0) is 8.32. The van der Waals surface area contributed by atoms with Crippen LogP contribution in [-0.2, 0) is 0 Å². The van der Waals surface area contributed by atoms with E-state index in [0.29, 0.717) is 5.54 Å². The van der Waals surface area contributed by atoms with Crippen LogP contribution >= 0.6 is 0 Å². The Morgan fingerprint density at radius 2 is 2.45 bits per heavy atom. The van der Waals surface area contributed by atoms with Crippen molar-refractivity contribution < 1.29 is 0 Å². The van der Waals surface area contributed by atoms with Gasteiger partial charge < -0.3 is 10.2 Å². The topological polar surface area (TPSA) is 15.3 Å². The molecule has 1 unspecified atom stereocenters. The molecule has 0 radical (unpaired) electrons. The van der Waals surface area contributed by atoms with Crippen LogP contribution in [0.25, 0.3) is 0 Å². The van der Waals surface area contributed by atoms with Gasteiger partial charge in [0.05, 0.1) is 0 Å². The maximum Gasteiger partial charge on any atom is 0.0352 e. The minimum Gasteiger partial charge on any atom is -0.313 e. The smallest absolute Gasteiger partial charge is 0.0352 e. The van der Waals surface area contributed by atoms with Gasteiger partial charge in [-0.25, -0.2) is 0 Å². The van der Waals surface area contributed by atoms with E-state index in [1.807, 2.05) is 13.1 Å². The number of likely N-dealkylation sites (N-methyl/N-ethyl adjacent to an activating group) is 2. The Hall–Kier alpha value is -0.340. The van der Waals surface area contributed by atoms with Crippen LogP contribution in [0.15, 0.2) is 12.7 Å². The predicted molar refractivity (Wildman–Crippen MR) is 48.7 cm³/mol. The van der Waals surface area contributed by atoms with Gasteiger partial charge in [0.1, 0.15) is 0 Å². The molecule has 0 aliphatic carbocycles. The average molecular weight is 154 g/mol. The molecule has 0 bridgehead atoms. The summed E-state index contributed by atoms with van der Waals surface area (Å²) in [5, 5.41) is 3.40. The summed E-state index contributed by atoms with van der Waals surface area (Å²) in [6, 6.07) is 0. The lowest BCUT2D eigenvalue weighted by Crippen LogP contribution is -2.44. The highest BCUT2D eigenvalue weighted by molar-refractivity contribution is 4.99. The monoisotopic (exact) mass is 154 g/mol. The Morgan fingerprint density at radius 3 is 2.82 bits per heavy atom. The average Bonchev–Trinajstić information content (AvgIpc) is 2.34. The third kappa shape index (κ3) is 1.82. The molecule has 1 fully saturated rings. The van der Waals surface area contributed by atoms with E-state index >= 15 is 0 Å². The normalized spacial score (nSPS) is 32.5. The molecular formula is C9H18N2. The quantitative estimate of drug-likeness (QED) is 0.606. The van der Waals surface area contributed by atoms with E-state index in [1.54, 1.807) is 0 Å². The van der Waals surface area contributed by atoms with Crippen LogP contribution in [0.3, 0.4) is 0 Å². The van der Waals surface area contributed by atoms with Crippen molar-refractivity contribution in [1.82, 2.24) is 10.2 Å². The van der Waals surface area contributed by atoms with Gasteiger partial charge in [-0.15, -0.1) is 6.58 Å². The molecule has 0 amide bonds. The SMILES string of the molecule is C=CCC1(NC)CCN(C)C1. The van der Waals surface area contributed by atoms with Gasteiger partial charge in [0.2, 0.25) is 0 Å². The van der Waals surface area contributed by atoms with Crippen molar-refractivity contribution in [3.8, 4) is 0 Å². The van der Waals surface area contributed by atoms with Gasteiger partial charge in [-0.1, -0.05) is 6.08 Å². The van der Waals surface area contributed by atoms with Crippen molar-refractivity contribution in [2.75, 3.05) is 27.2 Å². The van der Waals surface area contributed by atoms with E-state index in [1.165, 1.54) is 13.0 Å². The first-order chi connectivity index (χ1) is 5.22. The zero-order valence-corrected chi connectivity index (χ0v) is 7.56. The van der Waals surface area contributed by atoms with E-state index in [2.05, 4.69) is 23.8 Å². The summed E-state index contributed by atoms with van der Waals surface area (Å²) in [5.74, 6) is 0. The molecule has 11 heavy (non-hydrogen) atoms. The molecular weight excluding hydrogens is 136 g/mol. The molecule has 0 saturated carbocycles. The molecule has 0 aromatic heterocycles. The Balaban J connectivity index is 2.54. The van der Waals surface area contributed by atoms with Crippen LogP contribution in [0, 0.1) is 0 Å². The molecule has 1 heterocycles. The van der Waals surface area contributed by atoms with Crippen LogP contribution in [0.4, 0.5) is 0 Å². The number of nitrogens with zero attached hydrogens (tertiary/aromatic N) is 1. The minimum atomic E-state index is 0.316. The van der Waals surface area contributed by atoms with Gasteiger partial charge >= 0.3 is 0 Å². The summed E-state index contributed by atoms with van der Waals surface area (Å²) in [7, 11) is 4.21. The van der Waals surface area contributed by atoms with Gasteiger partial charge in [0, 0.05) is 12.1 Å². The van der Waals surface area contributed by atoms with Crippen LogP contribution < -0.4 is 5.32 Å². The molecule has 1 N–H and O–H groups in total. The molecule has 0 aromatic rings. The van der Waals surface area contributed by atoms with E-state index in [-0.39, 0.29) is 0 Å². The Morgan fingerprint density at radius 1 is 1.73 bits per heavy atom. The first kappa shape index (κ1) is 8.75. The van der Waals surface area contributed by atoms with Crippen LogP contribution in [-0.4, -0.2) is 37.6 Å². The Kier molecular flexibility index (Phi) is 2.68. The molecule has 0 aromatic carbocycles. The molecule has 1 rings (SSSR count). The molecule has 1 saturated heterocycles. The Labute approximate surface area is 69.3 Å². The van der Waals surface area contributed by atoms with E-state index in [0.717, 1.165) is 13.0 Å². The molecule has 0 spiro atoms. The third-order valence-electron chi connectivity index (χ3n) is 2.61. The zero-order valence-electron chi connectivity index (χ0n) is 7.56. The van der Waals surface area contributed by atoms with Gasteiger partial charge in [-0.2, -0.15) is 0 Å². The maximum absolute atomic E-state index is 3.78. The van der Waals surface area contributed by atoms with E-state index < -0.39 is 0 Å². The first-order valence-electron chi connectivity index (χ1n) is 4.21. The highest BCUT2D eigenvalue weighted by atomic mass is 15.2. The number of hydrogen-bond donors (Lipinski definition) is 1. The highest BCUT2D eigenvalue weighted by Crippen LogP contribution is 2.23. The summed E-state index contributed by atoms with van der Waals surface area (Å²) in [6.45, 7) is 6.14. The molecule has 1 aliphatic rings. The Bertz CT molecular complexity index is 144. The van der Waals surface area contributed by atoms with Crippen LogP contribution in [0.2, 0.25) is 0 Å². The fourth-order valence-corrected chi connectivity index (χ4v) is 1.83. The predicted octanol–water partition coefficient (Wildman–Crippen LogP) is 0.856. The van der Waals surface area contributed by atoms with Crippen molar-refractivity contribution in [3.05, 3.63) is 12.7 Å². The summed E-state index contributed by atoms with van der Waals surface area (Å²) in [4.78, 5) is 2.36. The fourth-order valence-electron chi connectivity index (χ4n) is 1.83. The third-order valence-corrected chi connectivity index (χ3v) is 2.61. The number of likely N-dealkylation sites (tertiary alicyclic amines) is 1. The summed E-state index contributed by atoms with van der Waals surface area (Å²) >= 11 is 0. The summed E-state index contributed by atoms with van der Waals surface area (Å²) < 4.78 is 0. The second kappa shape index (κ2) is 3.37. The fraction of sp³-hybridized carbons (Fsp3) is 0.778. The number of hydrogen-bond acceptors (Lipinski definition) is 2. The van der Waals surface area contributed by atoms with Gasteiger partial charge in [0.25, 0.3) is 0 Å². The molecule has 2 nitrogen and oxygen atoms in total. The largest absolute Gasteiger partial charge is 0.313 e. The van der Waals surface area contributed by atoms with Crippen molar-refractivity contribution in [2.24, 2.45) is 0 Å². The summed E-state index contributed by atoms with van der Waals surface area (Å²) in [6.07, 6.45) is 4.33. The van der Waals surface area contributed by atoms with Gasteiger partial charge in [0.15, 0.2) is 0 Å².